The van der Waals surface area contributed by atoms with Crippen molar-refractivity contribution in [3.05, 3.63) is 71.4 Å². The predicted molar refractivity (Wildman–Crippen MR) is 105 cm³/mol. The Labute approximate surface area is 166 Å². The number of hydrogen-bond donors (Lipinski definition) is 2. The molecule has 2 N–H and O–H groups in total. The molecule has 4 rings (SSSR count). The quantitative estimate of drug-likeness (QED) is 0.690. The molecule has 1 aliphatic heterocycles. The van der Waals surface area contributed by atoms with Gasteiger partial charge in [0.25, 0.3) is 5.91 Å². The number of benzene rings is 2. The number of rotatable bonds is 5. The van der Waals surface area contributed by atoms with Gasteiger partial charge in [0.2, 0.25) is 0 Å². The van der Waals surface area contributed by atoms with E-state index in [1.165, 1.54) is 12.1 Å². The van der Waals surface area contributed by atoms with E-state index in [9.17, 15) is 9.18 Å². The number of fused-ring (bicyclic) bond motifs is 1. The van der Waals surface area contributed by atoms with Crippen molar-refractivity contribution in [2.24, 2.45) is 0 Å². The molecule has 2 heterocycles. The van der Waals surface area contributed by atoms with Crippen LogP contribution in [0.3, 0.4) is 0 Å². The first-order valence-corrected chi connectivity index (χ1v) is 9.12. The van der Waals surface area contributed by atoms with Gasteiger partial charge in [0.15, 0.2) is 11.5 Å². The average molecular weight is 394 g/mol. The summed E-state index contributed by atoms with van der Waals surface area (Å²) >= 11 is 0. The standard InChI is InChI=1S/C21H19FN4O3/c1-13-24-17(21(27)23-12-14-2-4-15(22)5-3-14)11-20(25-13)26-16-6-7-18-19(10-16)29-9-8-28-18/h2-7,10-11H,8-9,12H2,1H3,(H,23,27)(H,24,25,26). The summed E-state index contributed by atoms with van der Waals surface area (Å²) < 4.78 is 24.1. The van der Waals surface area contributed by atoms with Gasteiger partial charge in [-0.2, -0.15) is 0 Å². The summed E-state index contributed by atoms with van der Waals surface area (Å²) in [5, 5.41) is 5.94. The topological polar surface area (TPSA) is 85.4 Å². The van der Waals surface area contributed by atoms with Crippen molar-refractivity contribution in [1.29, 1.82) is 0 Å². The largest absolute Gasteiger partial charge is 0.486 e. The van der Waals surface area contributed by atoms with E-state index in [-0.39, 0.29) is 24.0 Å². The molecule has 0 atom stereocenters. The van der Waals surface area contributed by atoms with Crippen LogP contribution in [0.15, 0.2) is 48.5 Å². The van der Waals surface area contributed by atoms with Gasteiger partial charge in [-0.25, -0.2) is 14.4 Å². The maximum absolute atomic E-state index is 13.0. The number of nitrogens with one attached hydrogen (secondary N) is 2. The van der Waals surface area contributed by atoms with Gasteiger partial charge >= 0.3 is 0 Å². The van der Waals surface area contributed by atoms with Crippen LogP contribution in [0.2, 0.25) is 0 Å². The van der Waals surface area contributed by atoms with Gasteiger partial charge in [0, 0.05) is 24.4 Å². The number of amides is 1. The summed E-state index contributed by atoms with van der Waals surface area (Å²) in [6.45, 7) is 3.02. The SMILES string of the molecule is Cc1nc(Nc2ccc3c(c2)OCCO3)cc(C(=O)NCc2ccc(F)cc2)n1. The molecular weight excluding hydrogens is 375 g/mol. The van der Waals surface area contributed by atoms with E-state index in [2.05, 4.69) is 20.6 Å². The number of anilines is 2. The van der Waals surface area contributed by atoms with Crippen molar-refractivity contribution in [2.75, 3.05) is 18.5 Å². The third-order valence-electron chi connectivity index (χ3n) is 4.25. The van der Waals surface area contributed by atoms with Crippen LogP contribution < -0.4 is 20.1 Å². The molecule has 8 heteroatoms. The second-order valence-electron chi connectivity index (χ2n) is 6.48. The highest BCUT2D eigenvalue weighted by Gasteiger charge is 2.14. The maximum atomic E-state index is 13.0. The minimum atomic E-state index is -0.343. The number of aromatic nitrogens is 2. The Kier molecular flexibility index (Phi) is 5.24. The summed E-state index contributed by atoms with van der Waals surface area (Å²) in [6.07, 6.45) is 0. The molecule has 2 aromatic carbocycles. The van der Waals surface area contributed by atoms with Crippen LogP contribution in [-0.2, 0) is 6.54 Å². The van der Waals surface area contributed by atoms with Crippen molar-refractivity contribution in [3.63, 3.8) is 0 Å². The summed E-state index contributed by atoms with van der Waals surface area (Å²) in [6, 6.07) is 13.0. The molecule has 0 aliphatic carbocycles. The van der Waals surface area contributed by atoms with Gasteiger partial charge in [-0.1, -0.05) is 12.1 Å². The zero-order chi connectivity index (χ0) is 20.2. The molecule has 29 heavy (non-hydrogen) atoms. The van der Waals surface area contributed by atoms with Crippen molar-refractivity contribution < 1.29 is 18.7 Å². The highest BCUT2D eigenvalue weighted by molar-refractivity contribution is 5.93. The highest BCUT2D eigenvalue weighted by atomic mass is 19.1. The molecule has 148 valence electrons. The van der Waals surface area contributed by atoms with Crippen molar-refractivity contribution in [1.82, 2.24) is 15.3 Å². The molecule has 1 aromatic heterocycles. The van der Waals surface area contributed by atoms with Crippen LogP contribution in [0.4, 0.5) is 15.9 Å². The van der Waals surface area contributed by atoms with Crippen molar-refractivity contribution >= 4 is 17.4 Å². The molecule has 0 unspecified atom stereocenters. The Morgan fingerprint density at radius 1 is 1.03 bits per heavy atom. The van der Waals surface area contributed by atoms with Crippen molar-refractivity contribution in [3.8, 4) is 11.5 Å². The molecule has 0 saturated heterocycles. The Balaban J connectivity index is 1.47. The molecule has 3 aromatic rings. The van der Waals surface area contributed by atoms with Crippen molar-refractivity contribution in [2.45, 2.75) is 13.5 Å². The van der Waals surface area contributed by atoms with E-state index >= 15 is 0 Å². The Morgan fingerprint density at radius 2 is 1.79 bits per heavy atom. The molecule has 1 aliphatic rings. The van der Waals surface area contributed by atoms with Gasteiger partial charge in [0.1, 0.15) is 36.4 Å². The number of hydrogen-bond acceptors (Lipinski definition) is 6. The average Bonchev–Trinajstić information content (AvgIpc) is 2.72. The third-order valence-corrected chi connectivity index (χ3v) is 4.25. The lowest BCUT2D eigenvalue weighted by atomic mass is 10.2. The van der Waals surface area contributed by atoms with Gasteiger partial charge in [-0.05, 0) is 36.8 Å². The Morgan fingerprint density at radius 3 is 2.59 bits per heavy atom. The lowest BCUT2D eigenvalue weighted by Crippen LogP contribution is -2.24. The monoisotopic (exact) mass is 394 g/mol. The van der Waals surface area contributed by atoms with Crippen LogP contribution >= 0.6 is 0 Å². The molecule has 7 nitrogen and oxygen atoms in total. The maximum Gasteiger partial charge on any atom is 0.270 e. The molecule has 0 bridgehead atoms. The number of ether oxygens (including phenoxy) is 2. The normalized spacial score (nSPS) is 12.3. The molecule has 0 saturated carbocycles. The summed E-state index contributed by atoms with van der Waals surface area (Å²) in [5.41, 5.74) is 1.78. The molecular formula is C21H19FN4O3. The second kappa shape index (κ2) is 8.14. The van der Waals surface area contributed by atoms with Gasteiger partial charge in [-0.3, -0.25) is 4.79 Å². The van der Waals surface area contributed by atoms with Crippen LogP contribution in [-0.4, -0.2) is 29.1 Å². The first kappa shape index (κ1) is 18.7. The zero-order valence-electron chi connectivity index (χ0n) is 15.7. The van der Waals surface area contributed by atoms with Gasteiger partial charge in [-0.15, -0.1) is 0 Å². The molecule has 0 spiro atoms. The van der Waals surface area contributed by atoms with E-state index < -0.39 is 0 Å². The number of nitrogens with zero attached hydrogens (tertiary/aromatic N) is 2. The number of aryl methyl sites for hydroxylation is 1. The summed E-state index contributed by atoms with van der Waals surface area (Å²) in [5.74, 6) is 1.64. The van der Waals surface area contributed by atoms with Gasteiger partial charge in [0.05, 0.1) is 0 Å². The molecule has 0 radical (unpaired) electrons. The van der Waals surface area contributed by atoms with E-state index in [0.29, 0.717) is 36.4 Å². The number of halogens is 1. The molecule has 1 amide bonds. The van der Waals surface area contributed by atoms with E-state index in [1.807, 2.05) is 18.2 Å². The minimum Gasteiger partial charge on any atom is -0.486 e. The second-order valence-corrected chi connectivity index (χ2v) is 6.48. The van der Waals surface area contributed by atoms with E-state index in [1.54, 1.807) is 25.1 Å². The highest BCUT2D eigenvalue weighted by Crippen LogP contribution is 2.33. The first-order chi connectivity index (χ1) is 14.1. The Hall–Kier alpha value is -3.68. The smallest absolute Gasteiger partial charge is 0.270 e. The fourth-order valence-electron chi connectivity index (χ4n) is 2.89. The van der Waals surface area contributed by atoms with Gasteiger partial charge < -0.3 is 20.1 Å². The molecule has 0 fully saturated rings. The number of carbonyl (C=O) groups is 1. The predicted octanol–water partition coefficient (Wildman–Crippen LogP) is 3.37. The summed E-state index contributed by atoms with van der Waals surface area (Å²) in [4.78, 5) is 21.0. The lowest BCUT2D eigenvalue weighted by molar-refractivity contribution is 0.0945. The van der Waals surface area contributed by atoms with Crippen LogP contribution in [0.1, 0.15) is 21.9 Å². The van der Waals surface area contributed by atoms with E-state index in [4.69, 9.17) is 9.47 Å². The fraction of sp³-hybridized carbons (Fsp3) is 0.190. The lowest BCUT2D eigenvalue weighted by Gasteiger charge is -2.19. The minimum absolute atomic E-state index is 0.236. The summed E-state index contributed by atoms with van der Waals surface area (Å²) in [7, 11) is 0. The zero-order valence-corrected chi connectivity index (χ0v) is 15.7. The van der Waals surface area contributed by atoms with E-state index in [0.717, 1.165) is 11.3 Å². The first-order valence-electron chi connectivity index (χ1n) is 9.12. The third kappa shape index (κ3) is 4.60. The fourth-order valence-corrected chi connectivity index (χ4v) is 2.89. The van der Waals surface area contributed by atoms with Crippen LogP contribution in [0.25, 0.3) is 0 Å². The van der Waals surface area contributed by atoms with Crippen LogP contribution in [0, 0.1) is 12.7 Å². The Bertz CT molecular complexity index is 1040. The number of carbonyl (C=O) groups excluding carboxylic acids is 1. The van der Waals surface area contributed by atoms with Crippen LogP contribution in [0.5, 0.6) is 11.5 Å².